The van der Waals surface area contributed by atoms with Crippen LogP contribution >= 0.6 is 34.8 Å². The fourth-order valence-electron chi connectivity index (χ4n) is 3.90. The van der Waals surface area contributed by atoms with E-state index < -0.39 is 28.5 Å². The molecule has 1 atom stereocenters. The predicted octanol–water partition coefficient (Wildman–Crippen LogP) is 5.70. The topological polar surface area (TPSA) is 86.8 Å². The summed E-state index contributed by atoms with van der Waals surface area (Å²) in [5.74, 6) is -0.967. The highest BCUT2D eigenvalue weighted by molar-refractivity contribution is 7.92. The number of hydrogen-bond acceptors (Lipinski definition) is 4. The van der Waals surface area contributed by atoms with Crippen molar-refractivity contribution in [1.82, 2.24) is 10.2 Å². The minimum absolute atomic E-state index is 0.0189. The Morgan fingerprint density at radius 3 is 2.11 bits per heavy atom. The number of benzene rings is 3. The van der Waals surface area contributed by atoms with Crippen molar-refractivity contribution in [2.75, 3.05) is 17.9 Å². The first-order chi connectivity index (χ1) is 18.0. The number of likely N-dealkylation sites (N-methyl/N-ethyl adjacent to an activating group) is 1. The molecule has 0 aromatic heterocycles. The maximum atomic E-state index is 13.9. The molecule has 0 aliphatic carbocycles. The molecule has 0 fully saturated rings. The minimum Gasteiger partial charge on any atom is -0.357 e. The molecule has 11 heteroatoms. The second-order valence-corrected chi connectivity index (χ2v) is 11.7. The first kappa shape index (κ1) is 29.8. The van der Waals surface area contributed by atoms with Gasteiger partial charge in [-0.3, -0.25) is 13.9 Å². The molecule has 0 saturated heterocycles. The summed E-state index contributed by atoms with van der Waals surface area (Å²) in [6.45, 7) is 3.06. The summed E-state index contributed by atoms with van der Waals surface area (Å²) < 4.78 is 28.6. The van der Waals surface area contributed by atoms with Gasteiger partial charge >= 0.3 is 0 Å². The van der Waals surface area contributed by atoms with E-state index in [0.29, 0.717) is 11.4 Å². The molecule has 0 saturated carbocycles. The van der Waals surface area contributed by atoms with Crippen LogP contribution in [0.25, 0.3) is 0 Å². The summed E-state index contributed by atoms with van der Waals surface area (Å²) in [6.07, 6.45) is 0.307. The van der Waals surface area contributed by atoms with Gasteiger partial charge in [0.2, 0.25) is 11.8 Å². The average Bonchev–Trinajstić information content (AvgIpc) is 2.89. The van der Waals surface area contributed by atoms with Crippen LogP contribution in [0.3, 0.4) is 0 Å². The Balaban J connectivity index is 2.10. The van der Waals surface area contributed by atoms with Gasteiger partial charge in [-0.2, -0.15) is 0 Å². The smallest absolute Gasteiger partial charge is 0.264 e. The zero-order valence-corrected chi connectivity index (χ0v) is 24.2. The van der Waals surface area contributed by atoms with E-state index in [0.717, 1.165) is 15.4 Å². The highest BCUT2D eigenvalue weighted by Crippen LogP contribution is 2.33. The summed E-state index contributed by atoms with van der Waals surface area (Å²) in [7, 11) is -2.77. The van der Waals surface area contributed by atoms with E-state index in [1.807, 2.05) is 6.92 Å². The number of amides is 2. The van der Waals surface area contributed by atoms with Gasteiger partial charge < -0.3 is 10.2 Å². The van der Waals surface area contributed by atoms with Crippen molar-refractivity contribution in [1.29, 1.82) is 0 Å². The van der Waals surface area contributed by atoms with Crippen LogP contribution in [0.1, 0.15) is 24.5 Å². The molecule has 3 aromatic rings. The number of sulfonamides is 1. The van der Waals surface area contributed by atoms with Gasteiger partial charge in [0.05, 0.1) is 15.6 Å². The van der Waals surface area contributed by atoms with Crippen LogP contribution in [0.5, 0.6) is 0 Å². The van der Waals surface area contributed by atoms with E-state index in [1.165, 1.54) is 42.3 Å². The molecule has 38 heavy (non-hydrogen) atoms. The zero-order chi connectivity index (χ0) is 28.0. The predicted molar refractivity (Wildman–Crippen MR) is 152 cm³/mol. The van der Waals surface area contributed by atoms with Crippen LogP contribution in [0.2, 0.25) is 15.1 Å². The molecule has 0 spiro atoms. The highest BCUT2D eigenvalue weighted by atomic mass is 35.5. The summed E-state index contributed by atoms with van der Waals surface area (Å²) in [4.78, 5) is 28.0. The van der Waals surface area contributed by atoms with Crippen molar-refractivity contribution in [3.8, 4) is 0 Å². The van der Waals surface area contributed by atoms with Crippen LogP contribution in [-0.2, 0) is 26.2 Å². The Kier molecular flexibility index (Phi) is 10.1. The van der Waals surface area contributed by atoms with Crippen molar-refractivity contribution >= 4 is 62.3 Å². The summed E-state index contributed by atoms with van der Waals surface area (Å²) in [6, 6.07) is 16.6. The quantitative estimate of drug-likeness (QED) is 0.325. The second kappa shape index (κ2) is 12.8. The number of hydrogen-bond donors (Lipinski definition) is 1. The molecule has 1 unspecified atom stereocenters. The Hall–Kier alpha value is -2.78. The van der Waals surface area contributed by atoms with Gasteiger partial charge in [-0.25, -0.2) is 8.42 Å². The molecule has 0 bridgehead atoms. The standard InChI is InChI=1S/C27H28Cl3N3O4S/c1-4-24(27(35)31-3)32(16-19-7-9-20(28)10-8-19)26(34)17-33(25-15-21(29)11-14-23(25)30)38(36,37)22-12-5-18(2)6-13-22/h5-15,24H,4,16-17H2,1-3H3,(H,31,35). The number of carbonyl (C=O) groups excluding carboxylic acids is 2. The first-order valence-electron chi connectivity index (χ1n) is 11.8. The largest absolute Gasteiger partial charge is 0.357 e. The number of rotatable bonds is 10. The van der Waals surface area contributed by atoms with Crippen molar-refractivity contribution in [3.63, 3.8) is 0 Å². The second-order valence-electron chi connectivity index (χ2n) is 8.61. The number of aryl methyl sites for hydroxylation is 1. The number of nitrogens with zero attached hydrogens (tertiary/aromatic N) is 2. The fourth-order valence-corrected chi connectivity index (χ4v) is 5.89. The Bertz CT molecular complexity index is 1400. The van der Waals surface area contributed by atoms with Gasteiger partial charge in [0, 0.05) is 23.6 Å². The van der Waals surface area contributed by atoms with E-state index in [1.54, 1.807) is 43.3 Å². The Morgan fingerprint density at radius 2 is 1.53 bits per heavy atom. The van der Waals surface area contributed by atoms with E-state index in [9.17, 15) is 18.0 Å². The first-order valence-corrected chi connectivity index (χ1v) is 14.3. The SMILES string of the molecule is CCC(C(=O)NC)N(Cc1ccc(Cl)cc1)C(=O)CN(c1cc(Cl)ccc1Cl)S(=O)(=O)c1ccc(C)cc1. The third kappa shape index (κ3) is 6.99. The van der Waals surface area contributed by atoms with E-state index in [2.05, 4.69) is 5.32 Å². The number of halogens is 3. The lowest BCUT2D eigenvalue weighted by atomic mass is 10.1. The molecule has 2 amide bonds. The highest BCUT2D eigenvalue weighted by Gasteiger charge is 2.34. The Labute approximate surface area is 238 Å². The van der Waals surface area contributed by atoms with Crippen LogP contribution in [-0.4, -0.2) is 44.8 Å². The van der Waals surface area contributed by atoms with Gasteiger partial charge in [0.15, 0.2) is 0 Å². The van der Waals surface area contributed by atoms with Crippen LogP contribution in [0.4, 0.5) is 5.69 Å². The zero-order valence-electron chi connectivity index (χ0n) is 21.1. The summed E-state index contributed by atoms with van der Waals surface area (Å²) in [5, 5.41) is 3.45. The number of nitrogens with one attached hydrogen (secondary N) is 1. The minimum atomic E-state index is -4.25. The normalized spacial score (nSPS) is 12.1. The monoisotopic (exact) mass is 595 g/mol. The fraction of sp³-hybridized carbons (Fsp3) is 0.259. The third-order valence-electron chi connectivity index (χ3n) is 5.96. The molecule has 0 radical (unpaired) electrons. The molecule has 0 aliphatic heterocycles. The van der Waals surface area contributed by atoms with E-state index >= 15 is 0 Å². The van der Waals surface area contributed by atoms with Crippen molar-refractivity contribution in [2.24, 2.45) is 0 Å². The van der Waals surface area contributed by atoms with Crippen LogP contribution in [0.15, 0.2) is 71.6 Å². The van der Waals surface area contributed by atoms with Gasteiger partial charge in [0.25, 0.3) is 10.0 Å². The lowest BCUT2D eigenvalue weighted by molar-refractivity contribution is -0.140. The number of carbonyl (C=O) groups is 2. The van der Waals surface area contributed by atoms with Crippen molar-refractivity contribution in [3.05, 3.63) is 92.9 Å². The van der Waals surface area contributed by atoms with Crippen LogP contribution < -0.4 is 9.62 Å². The molecule has 7 nitrogen and oxygen atoms in total. The van der Waals surface area contributed by atoms with E-state index in [4.69, 9.17) is 34.8 Å². The summed E-state index contributed by atoms with van der Waals surface area (Å²) >= 11 is 18.6. The molecular weight excluding hydrogens is 569 g/mol. The molecular formula is C27H28Cl3N3O4S. The Morgan fingerprint density at radius 1 is 0.921 bits per heavy atom. The summed E-state index contributed by atoms with van der Waals surface area (Å²) in [5.41, 5.74) is 1.64. The van der Waals surface area contributed by atoms with E-state index in [-0.39, 0.29) is 33.1 Å². The molecule has 1 N–H and O–H groups in total. The van der Waals surface area contributed by atoms with Crippen LogP contribution in [0, 0.1) is 6.92 Å². The molecule has 3 rings (SSSR count). The molecule has 3 aromatic carbocycles. The van der Waals surface area contributed by atoms with Crippen molar-refractivity contribution < 1.29 is 18.0 Å². The number of anilines is 1. The van der Waals surface area contributed by atoms with Gasteiger partial charge in [0.1, 0.15) is 12.6 Å². The van der Waals surface area contributed by atoms with Gasteiger partial charge in [-0.15, -0.1) is 0 Å². The third-order valence-corrected chi connectivity index (χ3v) is 8.54. The molecule has 0 aliphatic rings. The van der Waals surface area contributed by atoms with Gasteiger partial charge in [-0.1, -0.05) is 71.6 Å². The molecule has 0 heterocycles. The average molecular weight is 597 g/mol. The maximum absolute atomic E-state index is 13.9. The lowest BCUT2D eigenvalue weighted by Gasteiger charge is -2.33. The lowest BCUT2D eigenvalue weighted by Crippen LogP contribution is -2.51. The molecule has 202 valence electrons. The maximum Gasteiger partial charge on any atom is 0.264 e. The van der Waals surface area contributed by atoms with Gasteiger partial charge in [-0.05, 0) is 61.4 Å². The van der Waals surface area contributed by atoms with Crippen molar-refractivity contribution in [2.45, 2.75) is 37.8 Å².